The molecule has 3 aromatic rings. The molecular formula is C23H21Cl2FN2O3S. The van der Waals surface area contributed by atoms with E-state index in [9.17, 15) is 17.6 Å². The van der Waals surface area contributed by atoms with Crippen molar-refractivity contribution in [2.75, 3.05) is 17.4 Å². The van der Waals surface area contributed by atoms with Crippen molar-refractivity contribution in [3.63, 3.8) is 0 Å². The number of sulfonamides is 1. The largest absolute Gasteiger partial charge is 0.354 e. The minimum absolute atomic E-state index is 0.0401. The van der Waals surface area contributed by atoms with Crippen LogP contribution in [-0.4, -0.2) is 27.4 Å². The van der Waals surface area contributed by atoms with Crippen LogP contribution in [0, 0.1) is 12.7 Å². The van der Waals surface area contributed by atoms with Crippen LogP contribution in [0.1, 0.15) is 11.1 Å². The lowest BCUT2D eigenvalue weighted by Crippen LogP contribution is -2.41. The van der Waals surface area contributed by atoms with E-state index in [1.54, 1.807) is 24.3 Å². The summed E-state index contributed by atoms with van der Waals surface area (Å²) in [5, 5.41) is 3.19. The summed E-state index contributed by atoms with van der Waals surface area (Å²) < 4.78 is 40.7. The van der Waals surface area contributed by atoms with Crippen molar-refractivity contribution >= 4 is 44.8 Å². The first-order valence-corrected chi connectivity index (χ1v) is 11.9. The average Bonchev–Trinajstić information content (AvgIpc) is 2.73. The predicted molar refractivity (Wildman–Crippen MR) is 125 cm³/mol. The van der Waals surface area contributed by atoms with Gasteiger partial charge in [0.05, 0.1) is 10.6 Å². The fourth-order valence-electron chi connectivity index (χ4n) is 3.02. The van der Waals surface area contributed by atoms with Crippen LogP contribution in [0.5, 0.6) is 0 Å². The van der Waals surface area contributed by atoms with E-state index in [0.717, 1.165) is 15.4 Å². The van der Waals surface area contributed by atoms with Crippen LogP contribution in [0.4, 0.5) is 10.1 Å². The Hall–Kier alpha value is -2.61. The first-order chi connectivity index (χ1) is 15.1. The Bertz CT molecular complexity index is 1180. The number of nitrogens with zero attached hydrogens (tertiary/aromatic N) is 1. The molecule has 0 aliphatic heterocycles. The van der Waals surface area contributed by atoms with E-state index in [4.69, 9.17) is 23.2 Å². The fourth-order valence-corrected chi connectivity index (χ4v) is 4.94. The van der Waals surface area contributed by atoms with Crippen molar-refractivity contribution in [3.8, 4) is 0 Å². The maximum Gasteiger partial charge on any atom is 0.264 e. The Morgan fingerprint density at radius 1 is 0.969 bits per heavy atom. The van der Waals surface area contributed by atoms with Crippen LogP contribution in [0.15, 0.2) is 71.6 Å². The first-order valence-electron chi connectivity index (χ1n) is 9.72. The molecule has 0 aliphatic rings. The van der Waals surface area contributed by atoms with Gasteiger partial charge in [0.25, 0.3) is 10.0 Å². The molecule has 1 N–H and O–H groups in total. The number of hydrogen-bond donors (Lipinski definition) is 1. The lowest BCUT2D eigenvalue weighted by atomic mass is 10.1. The Morgan fingerprint density at radius 2 is 1.56 bits per heavy atom. The standard InChI is InChI=1S/C23H21Cl2FN2O3S/c1-16-2-8-22(9-3-16)32(30,31)28(21-13-18(24)12-19(25)14-21)15-23(29)27-11-10-17-4-6-20(26)7-5-17/h2-9,12-14H,10-11,15H2,1H3,(H,27,29). The van der Waals surface area contributed by atoms with Crippen LogP contribution in [0.25, 0.3) is 0 Å². The topological polar surface area (TPSA) is 66.5 Å². The molecule has 0 aromatic heterocycles. The van der Waals surface area contributed by atoms with Crippen molar-refractivity contribution in [2.45, 2.75) is 18.2 Å². The van der Waals surface area contributed by atoms with Gasteiger partial charge in [-0.25, -0.2) is 12.8 Å². The van der Waals surface area contributed by atoms with Crippen molar-refractivity contribution in [2.24, 2.45) is 0 Å². The number of hydrogen-bond acceptors (Lipinski definition) is 3. The minimum Gasteiger partial charge on any atom is -0.354 e. The molecule has 0 spiro atoms. The third-order valence-corrected chi connectivity index (χ3v) is 6.91. The second kappa shape index (κ2) is 10.3. The number of nitrogens with one attached hydrogen (secondary N) is 1. The molecule has 0 aliphatic carbocycles. The highest BCUT2D eigenvalue weighted by Crippen LogP contribution is 2.29. The third-order valence-electron chi connectivity index (χ3n) is 4.68. The molecule has 3 aromatic carbocycles. The summed E-state index contributed by atoms with van der Waals surface area (Å²) in [5.41, 5.74) is 1.93. The highest BCUT2D eigenvalue weighted by molar-refractivity contribution is 7.92. The van der Waals surface area contributed by atoms with Gasteiger partial charge in [-0.1, -0.05) is 53.0 Å². The highest BCUT2D eigenvalue weighted by Gasteiger charge is 2.27. The number of carbonyl (C=O) groups is 1. The molecular weight excluding hydrogens is 474 g/mol. The zero-order valence-corrected chi connectivity index (χ0v) is 19.5. The van der Waals surface area contributed by atoms with Crippen LogP contribution < -0.4 is 9.62 Å². The molecule has 9 heteroatoms. The van der Waals surface area contributed by atoms with Crippen LogP contribution in [-0.2, 0) is 21.2 Å². The lowest BCUT2D eigenvalue weighted by molar-refractivity contribution is -0.119. The molecule has 3 rings (SSSR count). The smallest absolute Gasteiger partial charge is 0.264 e. The fraction of sp³-hybridized carbons (Fsp3) is 0.174. The van der Waals surface area contributed by atoms with Crippen molar-refractivity contribution in [1.29, 1.82) is 0 Å². The Balaban J connectivity index is 1.81. The maximum atomic E-state index is 13.4. The van der Waals surface area contributed by atoms with Crippen molar-refractivity contribution in [1.82, 2.24) is 5.32 Å². The number of amides is 1. The summed E-state index contributed by atoms with van der Waals surface area (Å²) in [6.07, 6.45) is 0.472. The van der Waals surface area contributed by atoms with E-state index in [1.807, 2.05) is 6.92 Å². The monoisotopic (exact) mass is 494 g/mol. The zero-order chi connectivity index (χ0) is 23.3. The molecule has 168 valence electrons. The molecule has 1 amide bonds. The van der Waals surface area contributed by atoms with Gasteiger partial charge in [0.1, 0.15) is 12.4 Å². The van der Waals surface area contributed by atoms with Gasteiger partial charge in [0.15, 0.2) is 0 Å². The van der Waals surface area contributed by atoms with Crippen LogP contribution in [0.2, 0.25) is 10.0 Å². The van der Waals surface area contributed by atoms with Crippen molar-refractivity contribution < 1.29 is 17.6 Å². The molecule has 0 saturated carbocycles. The second-order valence-corrected chi connectivity index (χ2v) is 9.91. The quantitative estimate of drug-likeness (QED) is 0.479. The van der Waals surface area contributed by atoms with Gasteiger partial charge in [0, 0.05) is 16.6 Å². The molecule has 0 atom stereocenters. The summed E-state index contributed by atoms with van der Waals surface area (Å²) >= 11 is 12.2. The predicted octanol–water partition coefficient (Wildman–Crippen LogP) is 5.00. The molecule has 0 bridgehead atoms. The zero-order valence-electron chi connectivity index (χ0n) is 17.2. The van der Waals surface area contributed by atoms with Crippen LogP contribution in [0.3, 0.4) is 0 Å². The summed E-state index contributed by atoms with van der Waals surface area (Å²) in [6.45, 7) is 1.65. The van der Waals surface area contributed by atoms with E-state index < -0.39 is 22.5 Å². The third kappa shape index (κ3) is 6.22. The minimum atomic E-state index is -4.07. The molecule has 0 unspecified atom stereocenters. The molecule has 0 radical (unpaired) electrons. The molecule has 0 fully saturated rings. The van der Waals surface area contributed by atoms with Crippen molar-refractivity contribution in [3.05, 3.63) is 93.7 Å². The first kappa shape index (κ1) is 24.0. The number of rotatable bonds is 8. The van der Waals surface area contributed by atoms with Gasteiger partial charge in [-0.15, -0.1) is 0 Å². The number of aryl methyl sites for hydroxylation is 1. The number of anilines is 1. The van der Waals surface area contributed by atoms with E-state index in [2.05, 4.69) is 5.32 Å². The molecule has 0 saturated heterocycles. The maximum absolute atomic E-state index is 13.4. The SMILES string of the molecule is Cc1ccc(S(=O)(=O)N(CC(=O)NCCc2ccc(F)cc2)c2cc(Cl)cc(Cl)c2)cc1. The molecule has 32 heavy (non-hydrogen) atoms. The highest BCUT2D eigenvalue weighted by atomic mass is 35.5. The molecule has 5 nitrogen and oxygen atoms in total. The van der Waals surface area contributed by atoms with Crippen LogP contribution >= 0.6 is 23.2 Å². The van der Waals surface area contributed by atoms with Gasteiger partial charge >= 0.3 is 0 Å². The number of halogens is 3. The van der Waals surface area contributed by atoms with Gasteiger partial charge in [-0.2, -0.15) is 0 Å². The Labute approximate surface area is 196 Å². The summed E-state index contributed by atoms with van der Waals surface area (Å²) in [5.74, 6) is -0.839. The summed E-state index contributed by atoms with van der Waals surface area (Å²) in [4.78, 5) is 12.7. The normalized spacial score (nSPS) is 11.2. The summed E-state index contributed by atoms with van der Waals surface area (Å²) in [7, 11) is -4.07. The van der Waals surface area contributed by atoms with Gasteiger partial charge in [-0.05, 0) is 61.4 Å². The number of carbonyl (C=O) groups excluding carboxylic acids is 1. The van der Waals surface area contributed by atoms with E-state index in [-0.39, 0.29) is 33.0 Å². The Morgan fingerprint density at radius 3 is 2.16 bits per heavy atom. The average molecular weight is 495 g/mol. The van der Waals surface area contributed by atoms with E-state index in [0.29, 0.717) is 6.42 Å². The van der Waals surface area contributed by atoms with E-state index >= 15 is 0 Å². The number of benzene rings is 3. The Kier molecular flexibility index (Phi) is 7.77. The molecule has 0 heterocycles. The second-order valence-electron chi connectivity index (χ2n) is 7.18. The van der Waals surface area contributed by atoms with Gasteiger partial charge < -0.3 is 5.32 Å². The lowest BCUT2D eigenvalue weighted by Gasteiger charge is -2.24. The van der Waals surface area contributed by atoms with Gasteiger partial charge in [-0.3, -0.25) is 9.10 Å². The summed E-state index contributed by atoms with van der Waals surface area (Å²) in [6, 6.07) is 16.6. The van der Waals surface area contributed by atoms with E-state index in [1.165, 1.54) is 42.5 Å². The van der Waals surface area contributed by atoms with Gasteiger partial charge in [0.2, 0.25) is 5.91 Å².